The van der Waals surface area contributed by atoms with Crippen molar-refractivity contribution < 1.29 is 19.1 Å². The van der Waals surface area contributed by atoms with E-state index >= 15 is 0 Å². The van der Waals surface area contributed by atoms with Gasteiger partial charge in [0.1, 0.15) is 5.69 Å². The van der Waals surface area contributed by atoms with Crippen LogP contribution in [0.1, 0.15) is 73.6 Å². The molecule has 0 spiro atoms. The van der Waals surface area contributed by atoms with E-state index in [9.17, 15) is 14.4 Å². The van der Waals surface area contributed by atoms with E-state index in [0.717, 1.165) is 0 Å². The first-order chi connectivity index (χ1) is 12.0. The summed E-state index contributed by atoms with van der Waals surface area (Å²) in [5.41, 5.74) is 1.85. The lowest BCUT2D eigenvalue weighted by atomic mass is 9.99. The van der Waals surface area contributed by atoms with Crippen molar-refractivity contribution in [2.24, 2.45) is 0 Å². The van der Waals surface area contributed by atoms with E-state index in [1.807, 2.05) is 27.7 Å². The topological polar surface area (TPSA) is 91.5 Å². The van der Waals surface area contributed by atoms with Crippen LogP contribution in [0.15, 0.2) is 0 Å². The molecule has 0 saturated carbocycles. The Balaban J connectivity index is 3.21. The van der Waals surface area contributed by atoms with Gasteiger partial charge in [-0.1, -0.05) is 0 Å². The summed E-state index contributed by atoms with van der Waals surface area (Å²) < 4.78 is 5.03. The third kappa shape index (κ3) is 4.65. The van der Waals surface area contributed by atoms with E-state index in [0.29, 0.717) is 16.8 Å². The number of nitrogens with zero attached hydrogens (tertiary/aromatic N) is 1. The Bertz CT molecular complexity index is 677. The van der Waals surface area contributed by atoms with E-state index in [4.69, 9.17) is 4.74 Å². The number of hydrogen-bond donors (Lipinski definition) is 2. The summed E-state index contributed by atoms with van der Waals surface area (Å²) in [6.45, 7) is 14.6. The van der Waals surface area contributed by atoms with Crippen molar-refractivity contribution in [3.63, 3.8) is 0 Å². The number of aryl methyl sites for hydroxylation is 1. The Hall–Kier alpha value is -2.31. The third-order valence-corrected chi connectivity index (χ3v) is 4.16. The number of carbonyl (C=O) groups excluding carboxylic acids is 3. The van der Waals surface area contributed by atoms with Crippen LogP contribution in [0.4, 0.5) is 4.79 Å². The number of ketones is 1. The van der Waals surface area contributed by atoms with Crippen molar-refractivity contribution in [2.75, 3.05) is 6.61 Å². The molecule has 1 heterocycles. The Kier molecular flexibility index (Phi) is 7.41. The molecule has 0 aliphatic rings. The Morgan fingerprint density at radius 2 is 1.69 bits per heavy atom. The number of aromatic amines is 1. The molecule has 1 rings (SSSR count). The van der Waals surface area contributed by atoms with Crippen LogP contribution in [0.25, 0.3) is 0 Å². The molecule has 1 aromatic heterocycles. The molecule has 1 aromatic rings. The molecule has 2 amide bonds. The minimum Gasteiger partial charge on any atom is -0.461 e. The molecule has 0 radical (unpaired) electrons. The van der Waals surface area contributed by atoms with Gasteiger partial charge in [-0.3, -0.25) is 4.79 Å². The van der Waals surface area contributed by atoms with Crippen LogP contribution in [0.2, 0.25) is 0 Å². The van der Waals surface area contributed by atoms with Gasteiger partial charge in [0, 0.05) is 23.3 Å². The summed E-state index contributed by atoms with van der Waals surface area (Å²) in [5.74, 6) is -0.697. The lowest BCUT2D eigenvalue weighted by molar-refractivity contribution is 0.0519. The highest BCUT2D eigenvalue weighted by atomic mass is 16.5. The van der Waals surface area contributed by atoms with Crippen LogP contribution in [0.3, 0.4) is 0 Å². The molecule has 7 heteroatoms. The van der Waals surface area contributed by atoms with Gasteiger partial charge >= 0.3 is 12.0 Å². The van der Waals surface area contributed by atoms with Crippen LogP contribution in [-0.2, 0) is 4.74 Å². The molecule has 0 aromatic carbocycles. The average molecular weight is 365 g/mol. The van der Waals surface area contributed by atoms with Gasteiger partial charge in [0.05, 0.1) is 12.6 Å². The van der Waals surface area contributed by atoms with Gasteiger partial charge in [-0.2, -0.15) is 0 Å². The highest BCUT2D eigenvalue weighted by Crippen LogP contribution is 2.23. The minimum atomic E-state index is -0.669. The normalized spacial score (nSPS) is 12.2. The van der Waals surface area contributed by atoms with E-state index in [1.54, 1.807) is 27.7 Å². The van der Waals surface area contributed by atoms with Gasteiger partial charge in [-0.25, -0.2) is 9.59 Å². The van der Waals surface area contributed by atoms with Crippen molar-refractivity contribution in [2.45, 2.75) is 73.5 Å². The number of Topliss-reactive ketones (excluding diaryl/α,β-unsaturated/α-hetero) is 1. The largest absolute Gasteiger partial charge is 0.461 e. The summed E-state index contributed by atoms with van der Waals surface area (Å²) >= 11 is 0. The van der Waals surface area contributed by atoms with Gasteiger partial charge in [0.2, 0.25) is 0 Å². The molecule has 1 atom stereocenters. The predicted octanol–water partition coefficient (Wildman–Crippen LogP) is 3.21. The number of hydrogen-bond acceptors (Lipinski definition) is 4. The molecule has 0 aliphatic heterocycles. The van der Waals surface area contributed by atoms with Crippen molar-refractivity contribution in [3.05, 3.63) is 22.5 Å². The Morgan fingerprint density at radius 3 is 2.15 bits per heavy atom. The van der Waals surface area contributed by atoms with Gasteiger partial charge < -0.3 is 19.9 Å². The fourth-order valence-corrected chi connectivity index (χ4v) is 3.04. The second-order valence-corrected chi connectivity index (χ2v) is 6.99. The van der Waals surface area contributed by atoms with Crippen molar-refractivity contribution in [1.82, 2.24) is 15.2 Å². The van der Waals surface area contributed by atoms with Crippen LogP contribution in [0, 0.1) is 13.8 Å². The first kappa shape index (κ1) is 21.7. The van der Waals surface area contributed by atoms with Gasteiger partial charge in [-0.15, -0.1) is 0 Å². The molecule has 0 aliphatic carbocycles. The first-order valence-corrected chi connectivity index (χ1v) is 9.02. The molecule has 0 fully saturated rings. The highest BCUT2D eigenvalue weighted by Gasteiger charge is 2.32. The maximum absolute atomic E-state index is 13.1. The standard InChI is InChI=1S/C19H31N3O4/c1-9-26-18(24)16-12(6)15(13(7)21-16)17(23)14(8)22(11(4)5)19(25)20-10(2)3/h10-11,14,21H,9H2,1-8H3,(H,20,25). The summed E-state index contributed by atoms with van der Waals surface area (Å²) in [6.07, 6.45) is 0. The van der Waals surface area contributed by atoms with Gasteiger partial charge in [0.25, 0.3) is 0 Å². The van der Waals surface area contributed by atoms with Crippen molar-refractivity contribution in [1.29, 1.82) is 0 Å². The average Bonchev–Trinajstić information content (AvgIpc) is 2.80. The van der Waals surface area contributed by atoms with Gasteiger partial charge in [-0.05, 0) is 61.0 Å². The maximum Gasteiger partial charge on any atom is 0.355 e. The zero-order chi connectivity index (χ0) is 20.2. The number of ether oxygens (including phenoxy) is 1. The van der Waals surface area contributed by atoms with Crippen LogP contribution < -0.4 is 5.32 Å². The van der Waals surface area contributed by atoms with Crippen LogP contribution in [-0.4, -0.2) is 52.4 Å². The number of rotatable bonds is 7. The fraction of sp³-hybridized carbons (Fsp3) is 0.632. The lowest BCUT2D eigenvalue weighted by Gasteiger charge is -2.33. The maximum atomic E-state index is 13.1. The van der Waals surface area contributed by atoms with E-state index in [2.05, 4.69) is 10.3 Å². The van der Waals surface area contributed by atoms with Crippen molar-refractivity contribution >= 4 is 17.8 Å². The summed E-state index contributed by atoms with van der Waals surface area (Å²) in [6, 6.07) is -1.14. The molecule has 0 saturated heterocycles. The quantitative estimate of drug-likeness (QED) is 0.573. The number of urea groups is 1. The monoisotopic (exact) mass is 365 g/mol. The van der Waals surface area contributed by atoms with Crippen LogP contribution in [0.5, 0.6) is 0 Å². The molecule has 2 N–H and O–H groups in total. The number of amides is 2. The molecule has 146 valence electrons. The number of aromatic nitrogens is 1. The lowest BCUT2D eigenvalue weighted by Crippen LogP contribution is -2.53. The minimum absolute atomic E-state index is 0.0304. The molecule has 26 heavy (non-hydrogen) atoms. The third-order valence-electron chi connectivity index (χ3n) is 4.16. The smallest absolute Gasteiger partial charge is 0.355 e. The molecule has 1 unspecified atom stereocenters. The fourth-order valence-electron chi connectivity index (χ4n) is 3.04. The van der Waals surface area contributed by atoms with E-state index in [-0.39, 0.29) is 36.2 Å². The molecule has 0 bridgehead atoms. The second-order valence-electron chi connectivity index (χ2n) is 6.99. The molecular formula is C19H31N3O4. The predicted molar refractivity (Wildman–Crippen MR) is 101 cm³/mol. The summed E-state index contributed by atoms with van der Waals surface area (Å²) in [7, 11) is 0. The zero-order valence-corrected chi connectivity index (χ0v) is 17.0. The highest BCUT2D eigenvalue weighted by molar-refractivity contribution is 6.06. The first-order valence-electron chi connectivity index (χ1n) is 9.02. The van der Waals surface area contributed by atoms with Crippen molar-refractivity contribution in [3.8, 4) is 0 Å². The van der Waals surface area contributed by atoms with E-state index in [1.165, 1.54) is 4.90 Å². The number of nitrogens with one attached hydrogen (secondary N) is 2. The number of H-pyrrole nitrogens is 1. The summed E-state index contributed by atoms with van der Waals surface area (Å²) in [4.78, 5) is 42.2. The SMILES string of the molecule is CCOC(=O)c1[nH]c(C)c(C(=O)C(C)N(C(=O)NC(C)C)C(C)C)c1C. The molecule has 7 nitrogen and oxygen atoms in total. The second kappa shape index (κ2) is 8.87. The Labute approximate surface area is 155 Å². The van der Waals surface area contributed by atoms with Crippen LogP contribution >= 0.6 is 0 Å². The zero-order valence-electron chi connectivity index (χ0n) is 17.0. The number of carbonyl (C=O) groups is 3. The number of esters is 1. The van der Waals surface area contributed by atoms with Gasteiger partial charge in [0.15, 0.2) is 5.78 Å². The molecular weight excluding hydrogens is 334 g/mol. The Morgan fingerprint density at radius 1 is 1.12 bits per heavy atom. The summed E-state index contributed by atoms with van der Waals surface area (Å²) in [5, 5.41) is 2.83. The van der Waals surface area contributed by atoms with E-state index < -0.39 is 12.0 Å².